The molecular weight excluding hydrogens is 392 g/mol. The predicted molar refractivity (Wildman–Crippen MR) is 139 cm³/mol. The molecule has 32 heavy (non-hydrogen) atoms. The van der Waals surface area contributed by atoms with Crippen molar-refractivity contribution < 1.29 is 9.47 Å². The summed E-state index contributed by atoms with van der Waals surface area (Å²) in [6, 6.07) is 0. The molecule has 2 aliphatic carbocycles. The number of unbranched alkanes of at least 4 members (excludes halogenated alkanes) is 5. The fourth-order valence-corrected chi connectivity index (χ4v) is 6.90. The van der Waals surface area contributed by atoms with Gasteiger partial charge in [-0.3, -0.25) is 0 Å². The molecule has 0 aromatic rings. The van der Waals surface area contributed by atoms with Gasteiger partial charge in [0.15, 0.2) is 5.79 Å². The van der Waals surface area contributed by atoms with Crippen molar-refractivity contribution in [2.45, 2.75) is 161 Å². The number of ether oxygens (including phenoxy) is 2. The van der Waals surface area contributed by atoms with Gasteiger partial charge >= 0.3 is 0 Å². The van der Waals surface area contributed by atoms with Crippen molar-refractivity contribution in [3.8, 4) is 0 Å². The molecule has 0 radical (unpaired) electrons. The zero-order chi connectivity index (χ0) is 22.9. The van der Waals surface area contributed by atoms with E-state index in [1.807, 2.05) is 0 Å². The van der Waals surface area contributed by atoms with E-state index >= 15 is 0 Å². The second-order valence-electron chi connectivity index (χ2n) is 10.9. The first-order valence-electron chi connectivity index (χ1n) is 15.1. The van der Waals surface area contributed by atoms with E-state index in [-0.39, 0.29) is 5.79 Å². The van der Waals surface area contributed by atoms with Crippen LogP contribution in [0.3, 0.4) is 0 Å². The molecule has 0 aliphatic heterocycles. The van der Waals surface area contributed by atoms with Gasteiger partial charge in [-0.05, 0) is 51.9 Å². The van der Waals surface area contributed by atoms with E-state index < -0.39 is 0 Å². The highest BCUT2D eigenvalue weighted by molar-refractivity contribution is 4.92. The molecule has 1 atom stereocenters. The minimum atomic E-state index is -0.339. The molecule has 2 nitrogen and oxygen atoms in total. The first-order chi connectivity index (χ1) is 15.8. The van der Waals surface area contributed by atoms with Crippen LogP contribution in [-0.2, 0) is 9.47 Å². The van der Waals surface area contributed by atoms with E-state index in [4.69, 9.17) is 9.47 Å². The van der Waals surface area contributed by atoms with Crippen molar-refractivity contribution in [1.82, 2.24) is 0 Å². The summed E-state index contributed by atoms with van der Waals surface area (Å²) in [6.45, 7) is 8.30. The average Bonchev–Trinajstić information content (AvgIpc) is 2.73. The third-order valence-corrected chi connectivity index (χ3v) is 8.52. The van der Waals surface area contributed by atoms with Crippen LogP contribution in [0, 0.1) is 17.8 Å². The van der Waals surface area contributed by atoms with Crippen molar-refractivity contribution in [2.75, 3.05) is 13.2 Å². The normalized spacial score (nSPS) is 21.5. The van der Waals surface area contributed by atoms with Crippen molar-refractivity contribution in [3.05, 3.63) is 0 Å². The van der Waals surface area contributed by atoms with Crippen LogP contribution in [0.2, 0.25) is 0 Å². The van der Waals surface area contributed by atoms with Crippen LogP contribution in [0.1, 0.15) is 156 Å². The standard InChI is InChI=1S/C30H58O2/c1-4-7-8-9-16-21-26-29(27-22-17-12-10-13-18-23-27)30(31-5-2,32-6-3)28-24-19-14-11-15-20-25-28/h27-29H,4-26H2,1-3H3. The Balaban J connectivity index is 2.25. The van der Waals surface area contributed by atoms with Gasteiger partial charge in [0.25, 0.3) is 0 Å². The molecule has 2 rings (SSSR count). The lowest BCUT2D eigenvalue weighted by molar-refractivity contribution is -0.306. The van der Waals surface area contributed by atoms with E-state index in [9.17, 15) is 0 Å². The summed E-state index contributed by atoms with van der Waals surface area (Å²) in [7, 11) is 0. The summed E-state index contributed by atoms with van der Waals surface area (Å²) in [5.74, 6) is 1.61. The zero-order valence-corrected chi connectivity index (χ0v) is 22.3. The summed E-state index contributed by atoms with van der Waals surface area (Å²) in [6.07, 6.45) is 29.1. The third-order valence-electron chi connectivity index (χ3n) is 8.52. The molecule has 2 heteroatoms. The van der Waals surface area contributed by atoms with Crippen LogP contribution in [0.15, 0.2) is 0 Å². The van der Waals surface area contributed by atoms with Gasteiger partial charge in [0, 0.05) is 25.0 Å². The number of hydrogen-bond acceptors (Lipinski definition) is 2. The molecule has 190 valence electrons. The van der Waals surface area contributed by atoms with E-state index in [0.717, 1.165) is 19.1 Å². The Morgan fingerprint density at radius 1 is 0.594 bits per heavy atom. The van der Waals surface area contributed by atoms with Crippen LogP contribution >= 0.6 is 0 Å². The minimum absolute atomic E-state index is 0.339. The predicted octanol–water partition coefficient (Wildman–Crippen LogP) is 9.84. The molecule has 2 saturated carbocycles. The molecule has 2 aliphatic rings. The molecule has 0 saturated heterocycles. The Morgan fingerprint density at radius 2 is 1.06 bits per heavy atom. The quantitative estimate of drug-likeness (QED) is 0.193. The molecule has 2 fully saturated rings. The van der Waals surface area contributed by atoms with Crippen molar-refractivity contribution in [3.63, 3.8) is 0 Å². The molecule has 0 amide bonds. The highest BCUT2D eigenvalue weighted by Crippen LogP contribution is 2.47. The topological polar surface area (TPSA) is 18.5 Å². The maximum atomic E-state index is 6.87. The molecule has 0 bridgehead atoms. The molecule has 0 N–H and O–H groups in total. The highest BCUT2D eigenvalue weighted by atomic mass is 16.7. The van der Waals surface area contributed by atoms with Crippen LogP contribution in [0.5, 0.6) is 0 Å². The van der Waals surface area contributed by atoms with Crippen LogP contribution in [0.25, 0.3) is 0 Å². The molecule has 0 heterocycles. The summed E-state index contributed by atoms with van der Waals surface area (Å²) >= 11 is 0. The maximum absolute atomic E-state index is 6.87. The van der Waals surface area contributed by atoms with Crippen LogP contribution in [-0.4, -0.2) is 19.0 Å². The van der Waals surface area contributed by atoms with Gasteiger partial charge < -0.3 is 9.47 Å². The van der Waals surface area contributed by atoms with Crippen LogP contribution < -0.4 is 0 Å². The van der Waals surface area contributed by atoms with Crippen molar-refractivity contribution in [2.24, 2.45) is 17.8 Å². The third kappa shape index (κ3) is 9.28. The van der Waals surface area contributed by atoms with Gasteiger partial charge in [0.05, 0.1) is 0 Å². The Bertz CT molecular complexity index is 413. The number of rotatable bonds is 14. The zero-order valence-electron chi connectivity index (χ0n) is 22.3. The van der Waals surface area contributed by atoms with Gasteiger partial charge in [-0.1, -0.05) is 110 Å². The Hall–Kier alpha value is -0.0800. The summed E-state index contributed by atoms with van der Waals surface area (Å²) in [5, 5.41) is 0. The van der Waals surface area contributed by atoms with E-state index in [1.165, 1.54) is 135 Å². The fourth-order valence-electron chi connectivity index (χ4n) is 6.90. The molecule has 1 unspecified atom stereocenters. The lowest BCUT2D eigenvalue weighted by Crippen LogP contribution is -2.53. The molecule has 0 spiro atoms. The smallest absolute Gasteiger partial charge is 0.174 e. The first-order valence-corrected chi connectivity index (χ1v) is 15.1. The summed E-state index contributed by atoms with van der Waals surface area (Å²) < 4.78 is 13.7. The van der Waals surface area contributed by atoms with E-state index in [1.54, 1.807) is 0 Å². The van der Waals surface area contributed by atoms with Gasteiger partial charge in [0.1, 0.15) is 0 Å². The summed E-state index contributed by atoms with van der Waals surface area (Å²) in [4.78, 5) is 0. The lowest BCUT2D eigenvalue weighted by atomic mass is 9.69. The SMILES string of the molecule is CCCCCCCCC(C1CCCCCCC1)C(OCC)(OCC)C1CCCCCCC1. The number of hydrogen-bond donors (Lipinski definition) is 0. The highest BCUT2D eigenvalue weighted by Gasteiger charge is 2.49. The van der Waals surface area contributed by atoms with E-state index in [2.05, 4.69) is 20.8 Å². The van der Waals surface area contributed by atoms with Gasteiger partial charge in [0.2, 0.25) is 0 Å². The lowest BCUT2D eigenvalue weighted by Gasteiger charge is -2.49. The minimum Gasteiger partial charge on any atom is -0.350 e. The summed E-state index contributed by atoms with van der Waals surface area (Å²) in [5.41, 5.74) is 0. The van der Waals surface area contributed by atoms with Crippen molar-refractivity contribution in [1.29, 1.82) is 0 Å². The molecular formula is C30H58O2. The maximum Gasteiger partial charge on any atom is 0.174 e. The second-order valence-corrected chi connectivity index (χ2v) is 10.9. The van der Waals surface area contributed by atoms with Gasteiger partial charge in [-0.2, -0.15) is 0 Å². The van der Waals surface area contributed by atoms with Crippen LogP contribution in [0.4, 0.5) is 0 Å². The first kappa shape index (κ1) is 28.2. The van der Waals surface area contributed by atoms with Gasteiger partial charge in [-0.25, -0.2) is 0 Å². The average molecular weight is 451 g/mol. The monoisotopic (exact) mass is 450 g/mol. The van der Waals surface area contributed by atoms with E-state index in [0.29, 0.717) is 11.8 Å². The van der Waals surface area contributed by atoms with Crippen molar-refractivity contribution >= 4 is 0 Å². The molecule has 0 aromatic heterocycles. The fraction of sp³-hybridized carbons (Fsp3) is 1.00. The largest absolute Gasteiger partial charge is 0.350 e. The Kier molecular flexibility index (Phi) is 15.3. The molecule has 0 aromatic carbocycles. The van der Waals surface area contributed by atoms with Gasteiger partial charge in [-0.15, -0.1) is 0 Å². The Morgan fingerprint density at radius 3 is 1.59 bits per heavy atom. The second kappa shape index (κ2) is 17.4. The Labute approximate surface area is 202 Å².